The average Bonchev–Trinajstić information content (AvgIpc) is 1.88. The summed E-state index contributed by atoms with van der Waals surface area (Å²) in [6.07, 6.45) is 0. The Kier molecular flexibility index (Phi) is 2.40. The third-order valence-electron chi connectivity index (χ3n) is 0.979. The van der Waals surface area contributed by atoms with Gasteiger partial charge in [0.1, 0.15) is 5.75 Å². The molecule has 1 nitrogen and oxygen atoms in total. The Hall–Kier alpha value is -0.890. The number of para-hydroxylation sites is 1. The van der Waals surface area contributed by atoms with Crippen molar-refractivity contribution in [2.24, 2.45) is 0 Å². The van der Waals surface area contributed by atoms with Gasteiger partial charge in [0, 0.05) is 0 Å². The van der Waals surface area contributed by atoms with Gasteiger partial charge in [-0.15, -0.1) is 12.6 Å². The van der Waals surface area contributed by atoms with E-state index in [2.05, 4.69) is 19.2 Å². The molecule has 0 unspecified atom stereocenters. The number of hydrogen-bond donors (Lipinski definition) is 1. The standard InChI is InChI=1S/C8H8OS/c1-7(10)9-8-5-3-2-4-6-8/h2-6,10H,1H2. The molecular weight excluding hydrogens is 144 g/mol. The van der Waals surface area contributed by atoms with E-state index < -0.39 is 0 Å². The molecule has 0 heterocycles. The Morgan fingerprint density at radius 3 is 2.40 bits per heavy atom. The second kappa shape index (κ2) is 3.32. The Labute approximate surface area is 65.7 Å². The van der Waals surface area contributed by atoms with E-state index >= 15 is 0 Å². The van der Waals surface area contributed by atoms with Gasteiger partial charge in [0.05, 0.1) is 0 Å². The first-order valence-electron chi connectivity index (χ1n) is 2.90. The molecule has 0 aliphatic rings. The normalized spacial score (nSPS) is 8.90. The number of ether oxygens (including phenoxy) is 1. The van der Waals surface area contributed by atoms with Crippen molar-refractivity contribution >= 4 is 12.6 Å². The van der Waals surface area contributed by atoms with Crippen LogP contribution in [0.3, 0.4) is 0 Å². The van der Waals surface area contributed by atoms with Crippen LogP contribution in [0.5, 0.6) is 5.75 Å². The molecule has 0 aliphatic carbocycles. The first-order valence-corrected chi connectivity index (χ1v) is 3.34. The van der Waals surface area contributed by atoms with Crippen LogP contribution in [0.25, 0.3) is 0 Å². The Balaban J connectivity index is 2.67. The van der Waals surface area contributed by atoms with Crippen LogP contribution in [0, 0.1) is 0 Å². The van der Waals surface area contributed by atoms with Crippen LogP contribution in [-0.2, 0) is 0 Å². The van der Waals surface area contributed by atoms with Gasteiger partial charge in [0.25, 0.3) is 0 Å². The second-order valence-corrected chi connectivity index (χ2v) is 2.31. The van der Waals surface area contributed by atoms with Gasteiger partial charge in [0.15, 0.2) is 5.09 Å². The monoisotopic (exact) mass is 152 g/mol. The summed E-state index contributed by atoms with van der Waals surface area (Å²) in [7, 11) is 0. The summed E-state index contributed by atoms with van der Waals surface area (Å²) >= 11 is 3.89. The lowest BCUT2D eigenvalue weighted by atomic mass is 10.3. The van der Waals surface area contributed by atoms with Crippen molar-refractivity contribution in [3.63, 3.8) is 0 Å². The van der Waals surface area contributed by atoms with Crippen LogP contribution in [0.1, 0.15) is 0 Å². The minimum absolute atomic E-state index is 0.409. The van der Waals surface area contributed by atoms with E-state index in [9.17, 15) is 0 Å². The van der Waals surface area contributed by atoms with Crippen LogP contribution in [0.15, 0.2) is 42.0 Å². The highest BCUT2D eigenvalue weighted by Gasteiger charge is 1.88. The molecule has 10 heavy (non-hydrogen) atoms. The van der Waals surface area contributed by atoms with E-state index in [1.54, 1.807) is 0 Å². The van der Waals surface area contributed by atoms with Crippen molar-refractivity contribution in [3.8, 4) is 5.75 Å². The van der Waals surface area contributed by atoms with Crippen molar-refractivity contribution < 1.29 is 4.74 Å². The zero-order valence-electron chi connectivity index (χ0n) is 5.45. The van der Waals surface area contributed by atoms with Crippen molar-refractivity contribution in [2.75, 3.05) is 0 Å². The van der Waals surface area contributed by atoms with Crippen LogP contribution in [0.4, 0.5) is 0 Å². The van der Waals surface area contributed by atoms with Crippen molar-refractivity contribution in [2.45, 2.75) is 0 Å². The first-order chi connectivity index (χ1) is 4.79. The van der Waals surface area contributed by atoms with Crippen LogP contribution in [0.2, 0.25) is 0 Å². The fourth-order valence-electron chi connectivity index (χ4n) is 0.625. The minimum Gasteiger partial charge on any atom is -0.451 e. The molecule has 0 fully saturated rings. The summed E-state index contributed by atoms with van der Waals surface area (Å²) < 4.78 is 5.08. The molecule has 0 atom stereocenters. The van der Waals surface area contributed by atoms with Gasteiger partial charge >= 0.3 is 0 Å². The molecule has 0 saturated heterocycles. The van der Waals surface area contributed by atoms with Gasteiger partial charge < -0.3 is 4.74 Å². The highest BCUT2D eigenvalue weighted by Crippen LogP contribution is 2.12. The van der Waals surface area contributed by atoms with Crippen LogP contribution < -0.4 is 4.74 Å². The fourth-order valence-corrected chi connectivity index (χ4v) is 0.730. The van der Waals surface area contributed by atoms with Gasteiger partial charge in [-0.3, -0.25) is 0 Å². The lowest BCUT2D eigenvalue weighted by molar-refractivity contribution is 0.469. The molecular formula is C8H8OS. The van der Waals surface area contributed by atoms with Crippen molar-refractivity contribution in [3.05, 3.63) is 42.0 Å². The molecule has 0 radical (unpaired) electrons. The van der Waals surface area contributed by atoms with Gasteiger partial charge in [-0.2, -0.15) is 0 Å². The van der Waals surface area contributed by atoms with E-state index in [0.29, 0.717) is 5.09 Å². The van der Waals surface area contributed by atoms with E-state index in [4.69, 9.17) is 4.74 Å². The van der Waals surface area contributed by atoms with Gasteiger partial charge in [-0.1, -0.05) is 18.2 Å². The second-order valence-electron chi connectivity index (χ2n) is 1.81. The zero-order chi connectivity index (χ0) is 7.40. The third kappa shape index (κ3) is 2.15. The minimum atomic E-state index is 0.409. The lowest BCUT2D eigenvalue weighted by Gasteiger charge is -2.00. The summed E-state index contributed by atoms with van der Waals surface area (Å²) in [6, 6.07) is 9.41. The molecule has 1 rings (SSSR count). The maximum atomic E-state index is 5.08. The summed E-state index contributed by atoms with van der Waals surface area (Å²) in [5.74, 6) is 0.766. The predicted molar refractivity (Wildman–Crippen MR) is 45.2 cm³/mol. The quantitative estimate of drug-likeness (QED) is 0.506. The summed E-state index contributed by atoms with van der Waals surface area (Å²) in [5.41, 5.74) is 0. The van der Waals surface area contributed by atoms with E-state index in [-0.39, 0.29) is 0 Å². The molecule has 1 aromatic rings. The fraction of sp³-hybridized carbons (Fsp3) is 0. The third-order valence-corrected chi connectivity index (χ3v) is 1.07. The Morgan fingerprint density at radius 2 is 1.90 bits per heavy atom. The van der Waals surface area contributed by atoms with Gasteiger partial charge in [-0.25, -0.2) is 0 Å². The lowest BCUT2D eigenvalue weighted by Crippen LogP contribution is -1.84. The van der Waals surface area contributed by atoms with Crippen LogP contribution in [-0.4, -0.2) is 0 Å². The maximum Gasteiger partial charge on any atom is 0.150 e. The highest BCUT2D eigenvalue weighted by atomic mass is 32.1. The molecule has 0 bridgehead atoms. The largest absolute Gasteiger partial charge is 0.451 e. The summed E-state index contributed by atoms with van der Waals surface area (Å²) in [4.78, 5) is 0. The van der Waals surface area contributed by atoms with Gasteiger partial charge in [-0.05, 0) is 18.7 Å². The summed E-state index contributed by atoms with van der Waals surface area (Å²) in [5, 5.41) is 0.409. The molecule has 0 aliphatic heterocycles. The number of thiol groups is 1. The van der Waals surface area contributed by atoms with Crippen molar-refractivity contribution in [1.82, 2.24) is 0 Å². The van der Waals surface area contributed by atoms with E-state index in [1.807, 2.05) is 30.3 Å². The first kappa shape index (κ1) is 7.22. The topological polar surface area (TPSA) is 9.23 Å². The summed E-state index contributed by atoms with van der Waals surface area (Å²) in [6.45, 7) is 3.49. The van der Waals surface area contributed by atoms with Gasteiger partial charge in [0.2, 0.25) is 0 Å². The highest BCUT2D eigenvalue weighted by molar-refractivity contribution is 7.84. The SMILES string of the molecule is C=C(S)Oc1ccccc1. The molecule has 52 valence electrons. The van der Waals surface area contributed by atoms with Crippen molar-refractivity contribution in [1.29, 1.82) is 0 Å². The smallest absolute Gasteiger partial charge is 0.150 e. The number of hydrogen-bond acceptors (Lipinski definition) is 2. The van der Waals surface area contributed by atoms with E-state index in [1.165, 1.54) is 0 Å². The molecule has 0 N–H and O–H groups in total. The molecule has 2 heteroatoms. The molecule has 0 spiro atoms. The Bertz CT molecular complexity index is 218. The molecule has 0 saturated carbocycles. The number of benzene rings is 1. The van der Waals surface area contributed by atoms with Crippen LogP contribution >= 0.6 is 12.6 Å². The molecule has 0 aromatic heterocycles. The predicted octanol–water partition coefficient (Wildman–Crippen LogP) is 2.47. The Morgan fingerprint density at radius 1 is 1.30 bits per heavy atom. The maximum absolute atomic E-state index is 5.08. The zero-order valence-corrected chi connectivity index (χ0v) is 6.34. The molecule has 0 amide bonds. The number of rotatable bonds is 2. The van der Waals surface area contributed by atoms with E-state index in [0.717, 1.165) is 5.75 Å². The molecule has 1 aromatic carbocycles. The average molecular weight is 152 g/mol.